The fourth-order valence-electron chi connectivity index (χ4n) is 2.12. The van der Waals surface area contributed by atoms with E-state index in [4.69, 9.17) is 10.3 Å². The largest absolute Gasteiger partial charge is 0.298 e. The maximum absolute atomic E-state index is 11.5. The zero-order chi connectivity index (χ0) is 17.8. The zero-order valence-electron chi connectivity index (χ0n) is 10.8. The Morgan fingerprint density at radius 1 is 0.652 bits per heavy atom. The first kappa shape index (κ1) is 17.6. The Morgan fingerprint density at radius 2 is 1.00 bits per heavy atom. The standard InChI is InChI=1S/C10H8NO9S3/c11-7-8(21(12,13)14)5-3-1-2-4-6(5)9(22(15,16)17)10(7)23(18,19)20/h1-4,11H,(H,12,13,14)(H,15,16,17)(H,18,19,20). The maximum atomic E-state index is 11.5. The van der Waals surface area contributed by atoms with Crippen LogP contribution < -0.4 is 5.73 Å². The molecule has 1 radical (unpaired) electrons. The summed E-state index contributed by atoms with van der Waals surface area (Å²) in [7, 11) is -15.8. The van der Waals surface area contributed by atoms with Crippen molar-refractivity contribution in [3.63, 3.8) is 0 Å². The Labute approximate surface area is 130 Å². The molecule has 0 bridgehead atoms. The van der Waals surface area contributed by atoms with Gasteiger partial charge < -0.3 is 0 Å². The summed E-state index contributed by atoms with van der Waals surface area (Å²) >= 11 is 0. The molecule has 0 aliphatic carbocycles. The molecular weight excluding hydrogens is 374 g/mol. The minimum Gasteiger partial charge on any atom is -0.298 e. The summed E-state index contributed by atoms with van der Waals surface area (Å²) in [5.74, 6) is 0. The molecule has 2 rings (SSSR count). The fourth-order valence-corrected chi connectivity index (χ4v) is 5.13. The van der Waals surface area contributed by atoms with Crippen LogP contribution in [0.3, 0.4) is 0 Å². The Bertz CT molecular complexity index is 1130. The molecule has 0 saturated heterocycles. The molecule has 0 aliphatic heterocycles. The monoisotopic (exact) mass is 382 g/mol. The van der Waals surface area contributed by atoms with Crippen molar-refractivity contribution in [1.29, 1.82) is 0 Å². The average Bonchev–Trinajstić information content (AvgIpc) is 2.32. The third-order valence-electron chi connectivity index (χ3n) is 2.85. The summed E-state index contributed by atoms with van der Waals surface area (Å²) in [6.45, 7) is 0. The Morgan fingerprint density at radius 3 is 1.35 bits per heavy atom. The van der Waals surface area contributed by atoms with E-state index in [9.17, 15) is 34.4 Å². The molecule has 13 heteroatoms. The highest BCUT2D eigenvalue weighted by Gasteiger charge is 2.35. The SMILES string of the molecule is [NH]c1c(S(=O)(=O)O)c(S(=O)(=O)O)c2ccccc2c1S(=O)(=O)O. The molecule has 23 heavy (non-hydrogen) atoms. The Hall–Kier alpha value is -1.77. The van der Waals surface area contributed by atoms with E-state index in [-0.39, 0.29) is 0 Å². The van der Waals surface area contributed by atoms with Gasteiger partial charge in [-0.15, -0.1) is 0 Å². The molecule has 0 aliphatic rings. The molecule has 0 fully saturated rings. The highest BCUT2D eigenvalue weighted by Crippen LogP contribution is 2.40. The topological polar surface area (TPSA) is 187 Å². The normalized spacial score (nSPS) is 13.3. The van der Waals surface area contributed by atoms with Gasteiger partial charge in [0, 0.05) is 10.8 Å². The number of rotatable bonds is 3. The second kappa shape index (κ2) is 5.12. The molecule has 0 unspecified atom stereocenters. The molecule has 2 aromatic rings. The van der Waals surface area contributed by atoms with E-state index in [1.54, 1.807) is 0 Å². The van der Waals surface area contributed by atoms with Crippen LogP contribution in [-0.4, -0.2) is 38.9 Å². The lowest BCUT2D eigenvalue weighted by Gasteiger charge is -2.14. The molecular formula is C10H8NO9S3. The van der Waals surface area contributed by atoms with Gasteiger partial charge in [0.1, 0.15) is 14.7 Å². The number of hydrogen-bond donors (Lipinski definition) is 3. The number of hydrogen-bond acceptors (Lipinski definition) is 6. The van der Waals surface area contributed by atoms with Crippen molar-refractivity contribution in [1.82, 2.24) is 5.73 Å². The van der Waals surface area contributed by atoms with E-state index in [1.807, 2.05) is 0 Å². The first-order valence-electron chi connectivity index (χ1n) is 5.49. The van der Waals surface area contributed by atoms with Crippen LogP contribution in [0.15, 0.2) is 39.0 Å². The summed E-state index contributed by atoms with van der Waals surface area (Å²) in [4.78, 5) is -4.22. The van der Waals surface area contributed by atoms with Gasteiger partial charge in [-0.2, -0.15) is 25.3 Å². The molecule has 125 valence electrons. The summed E-state index contributed by atoms with van der Waals surface area (Å²) < 4.78 is 96.4. The van der Waals surface area contributed by atoms with Gasteiger partial charge >= 0.3 is 0 Å². The van der Waals surface area contributed by atoms with Crippen molar-refractivity contribution in [2.24, 2.45) is 0 Å². The van der Waals surface area contributed by atoms with Crippen LogP contribution in [0.5, 0.6) is 0 Å². The van der Waals surface area contributed by atoms with Gasteiger partial charge in [-0.3, -0.25) is 19.4 Å². The molecule has 0 atom stereocenters. The van der Waals surface area contributed by atoms with Crippen LogP contribution in [0.2, 0.25) is 0 Å². The lowest BCUT2D eigenvalue weighted by molar-refractivity contribution is 0.466. The van der Waals surface area contributed by atoms with Gasteiger partial charge in [0.25, 0.3) is 30.4 Å². The minimum atomic E-state index is -5.42. The van der Waals surface area contributed by atoms with E-state index in [0.717, 1.165) is 12.1 Å². The fraction of sp³-hybridized carbons (Fsp3) is 0. The van der Waals surface area contributed by atoms with Gasteiger partial charge in [-0.05, 0) is 0 Å². The van der Waals surface area contributed by atoms with Crippen molar-refractivity contribution >= 4 is 46.8 Å². The van der Waals surface area contributed by atoms with Gasteiger partial charge in [0.05, 0.1) is 5.69 Å². The third kappa shape index (κ3) is 3.01. The highest BCUT2D eigenvalue weighted by molar-refractivity contribution is 7.89. The molecule has 0 spiro atoms. The first-order valence-corrected chi connectivity index (χ1v) is 9.81. The van der Waals surface area contributed by atoms with Gasteiger partial charge in [-0.1, -0.05) is 24.3 Å². The summed E-state index contributed by atoms with van der Waals surface area (Å²) in [6.07, 6.45) is 0. The number of fused-ring (bicyclic) bond motifs is 1. The molecule has 0 amide bonds. The zero-order valence-corrected chi connectivity index (χ0v) is 13.3. The van der Waals surface area contributed by atoms with E-state index in [2.05, 4.69) is 0 Å². The number of nitrogens with one attached hydrogen (secondary N) is 1. The molecule has 10 nitrogen and oxygen atoms in total. The first-order chi connectivity index (χ1) is 10.3. The molecule has 2 aromatic carbocycles. The van der Waals surface area contributed by atoms with Crippen molar-refractivity contribution in [2.45, 2.75) is 14.7 Å². The second-order valence-corrected chi connectivity index (χ2v) is 8.41. The quantitative estimate of drug-likeness (QED) is 0.635. The lowest BCUT2D eigenvalue weighted by Crippen LogP contribution is -2.13. The summed E-state index contributed by atoms with van der Waals surface area (Å²) in [5, 5.41) is -1.12. The van der Waals surface area contributed by atoms with Gasteiger partial charge in [0.15, 0.2) is 0 Å². The predicted molar refractivity (Wildman–Crippen MR) is 76.1 cm³/mol. The smallest absolute Gasteiger partial charge is 0.298 e. The van der Waals surface area contributed by atoms with Crippen molar-refractivity contribution in [2.75, 3.05) is 0 Å². The van der Waals surface area contributed by atoms with E-state index < -0.39 is 61.5 Å². The summed E-state index contributed by atoms with van der Waals surface area (Å²) in [6, 6.07) is 4.37. The molecule has 0 aromatic heterocycles. The number of benzene rings is 2. The van der Waals surface area contributed by atoms with Crippen LogP contribution >= 0.6 is 0 Å². The average molecular weight is 382 g/mol. The summed E-state index contributed by atoms with van der Waals surface area (Å²) in [5.41, 5.74) is 6.12. The van der Waals surface area contributed by atoms with Crippen LogP contribution in [0.4, 0.5) is 5.69 Å². The minimum absolute atomic E-state index is 0.514. The van der Waals surface area contributed by atoms with Crippen molar-refractivity contribution < 1.29 is 38.9 Å². The Balaban J connectivity index is 3.40. The van der Waals surface area contributed by atoms with E-state index in [1.165, 1.54) is 12.1 Å². The van der Waals surface area contributed by atoms with Crippen LogP contribution in [0, 0.1) is 0 Å². The van der Waals surface area contributed by atoms with Gasteiger partial charge in [-0.25, -0.2) is 0 Å². The molecule has 0 heterocycles. The molecule has 4 N–H and O–H groups in total. The lowest BCUT2D eigenvalue weighted by atomic mass is 10.1. The van der Waals surface area contributed by atoms with E-state index in [0.29, 0.717) is 0 Å². The van der Waals surface area contributed by atoms with Crippen LogP contribution in [0.1, 0.15) is 0 Å². The Kier molecular flexibility index (Phi) is 3.91. The third-order valence-corrected chi connectivity index (χ3v) is 5.78. The van der Waals surface area contributed by atoms with Gasteiger partial charge in [0.2, 0.25) is 0 Å². The van der Waals surface area contributed by atoms with Crippen LogP contribution in [0.25, 0.3) is 10.8 Å². The van der Waals surface area contributed by atoms with Crippen molar-refractivity contribution in [3.8, 4) is 0 Å². The van der Waals surface area contributed by atoms with E-state index >= 15 is 0 Å². The maximum Gasteiger partial charge on any atom is 0.298 e. The second-order valence-electron chi connectivity index (χ2n) is 4.33. The van der Waals surface area contributed by atoms with Crippen LogP contribution in [-0.2, 0) is 30.4 Å². The molecule has 0 saturated carbocycles. The predicted octanol–water partition coefficient (Wildman–Crippen LogP) is 0.494. The highest BCUT2D eigenvalue weighted by atomic mass is 32.2. The van der Waals surface area contributed by atoms with Crippen molar-refractivity contribution in [3.05, 3.63) is 24.3 Å².